The zero-order valence-electron chi connectivity index (χ0n) is 19.3. The Kier molecular flexibility index (Phi) is 6.85. The van der Waals surface area contributed by atoms with Crippen molar-refractivity contribution in [2.45, 2.75) is 43.6 Å². The number of aromatic amines is 1. The van der Waals surface area contributed by atoms with Crippen molar-refractivity contribution in [1.29, 1.82) is 0 Å². The fraction of sp³-hybridized carbons (Fsp3) is 0.478. The van der Waals surface area contributed by atoms with Gasteiger partial charge in [0.05, 0.1) is 11.4 Å². The van der Waals surface area contributed by atoms with Crippen LogP contribution >= 0.6 is 11.8 Å². The topological polar surface area (TPSA) is 131 Å². The lowest BCUT2D eigenvalue weighted by molar-refractivity contribution is -0.136. The lowest BCUT2D eigenvalue weighted by Crippen LogP contribution is -2.53. The number of nitrogens with one attached hydrogen (secondary N) is 1. The minimum atomic E-state index is -0.737. The number of hydrogen-bond donors (Lipinski definition) is 2. The average molecular weight is 488 g/mol. The second-order valence-electron chi connectivity index (χ2n) is 8.67. The molecular weight excluding hydrogens is 458 g/mol. The van der Waals surface area contributed by atoms with Crippen LogP contribution in [0.4, 0.5) is 11.5 Å². The first kappa shape index (κ1) is 24.1. The van der Waals surface area contributed by atoms with Gasteiger partial charge in [0.15, 0.2) is 5.69 Å². The molecule has 2 amide bonds. The Morgan fingerprint density at radius 2 is 2.03 bits per heavy atom. The van der Waals surface area contributed by atoms with Crippen molar-refractivity contribution in [1.82, 2.24) is 14.5 Å². The van der Waals surface area contributed by atoms with Gasteiger partial charge in [-0.1, -0.05) is 30.3 Å². The van der Waals surface area contributed by atoms with E-state index in [0.29, 0.717) is 31.6 Å². The maximum Gasteiger partial charge on any atom is 0.330 e. The number of methoxy groups -OCH3 is 1. The van der Waals surface area contributed by atoms with Crippen LogP contribution in [0.25, 0.3) is 0 Å². The van der Waals surface area contributed by atoms with Gasteiger partial charge in [0.25, 0.3) is 11.5 Å². The molecule has 4 rings (SSSR count). The molecule has 0 aliphatic carbocycles. The average Bonchev–Trinajstić information content (AvgIpc) is 3.31. The van der Waals surface area contributed by atoms with Gasteiger partial charge < -0.3 is 20.3 Å². The maximum atomic E-state index is 13.8. The van der Waals surface area contributed by atoms with E-state index in [9.17, 15) is 19.2 Å². The highest BCUT2D eigenvalue weighted by Crippen LogP contribution is 2.47. The smallest absolute Gasteiger partial charge is 0.330 e. The summed E-state index contributed by atoms with van der Waals surface area (Å²) in [7, 11) is 1.55. The number of thioether (sulfide) groups is 1. The van der Waals surface area contributed by atoms with Crippen LogP contribution in [0.5, 0.6) is 0 Å². The molecule has 1 aromatic carbocycles. The van der Waals surface area contributed by atoms with Crippen LogP contribution in [0.2, 0.25) is 0 Å². The lowest BCUT2D eigenvalue weighted by atomic mass is 10.1. The molecule has 1 aromatic heterocycles. The van der Waals surface area contributed by atoms with Gasteiger partial charge in [-0.05, 0) is 25.3 Å². The number of amides is 2. The Morgan fingerprint density at radius 1 is 1.29 bits per heavy atom. The highest BCUT2D eigenvalue weighted by atomic mass is 32.2. The largest absolute Gasteiger partial charge is 0.385 e. The lowest BCUT2D eigenvalue weighted by Gasteiger charge is -2.33. The first-order chi connectivity index (χ1) is 16.3. The van der Waals surface area contributed by atoms with Gasteiger partial charge in [0.2, 0.25) is 5.91 Å². The number of hydrogen-bond acceptors (Lipinski definition) is 7. The molecule has 2 aliphatic heterocycles. The normalized spacial score (nSPS) is 21.6. The van der Waals surface area contributed by atoms with Gasteiger partial charge in [-0.2, -0.15) is 0 Å². The molecule has 2 saturated heterocycles. The molecule has 0 bridgehead atoms. The molecule has 2 aromatic rings. The summed E-state index contributed by atoms with van der Waals surface area (Å²) in [6.45, 7) is 2.62. The maximum absolute atomic E-state index is 13.8. The van der Waals surface area contributed by atoms with E-state index >= 15 is 0 Å². The van der Waals surface area contributed by atoms with Crippen LogP contribution in [0.15, 0.2) is 39.9 Å². The second kappa shape index (κ2) is 9.67. The number of nitrogens with zero attached hydrogens (tertiary/aromatic N) is 3. The van der Waals surface area contributed by atoms with Gasteiger partial charge >= 0.3 is 5.69 Å². The standard InChI is InChI=1S/C23H29N5O5S/c1-23-10-9-17(29)28(23)16(14-34-23)21(31)26(11-6-12-33-2)18-19(24)27(22(32)25-20(18)30)13-15-7-4-3-5-8-15/h3-5,7-8,16H,6,9-14,24H2,1-2H3,(H,25,30,32)/t16-,23-/m0/s1. The van der Waals surface area contributed by atoms with Crippen LogP contribution in [0.1, 0.15) is 31.7 Å². The van der Waals surface area contributed by atoms with Crippen LogP contribution in [-0.4, -0.2) is 63.2 Å². The fourth-order valence-corrected chi connectivity index (χ4v) is 6.07. The predicted molar refractivity (Wildman–Crippen MR) is 131 cm³/mol. The van der Waals surface area contributed by atoms with E-state index in [1.165, 1.54) is 9.47 Å². The zero-order valence-corrected chi connectivity index (χ0v) is 20.1. The quantitative estimate of drug-likeness (QED) is 0.531. The zero-order chi connectivity index (χ0) is 24.5. The van der Waals surface area contributed by atoms with Gasteiger partial charge in [0, 0.05) is 32.4 Å². The van der Waals surface area contributed by atoms with E-state index in [1.807, 2.05) is 37.3 Å². The number of carbonyl (C=O) groups excluding carboxylic acids is 2. The fourth-order valence-electron chi connectivity index (χ4n) is 4.64. The summed E-state index contributed by atoms with van der Waals surface area (Å²) in [4.78, 5) is 56.8. The molecular formula is C23H29N5O5S. The molecule has 0 unspecified atom stereocenters. The van der Waals surface area contributed by atoms with Gasteiger partial charge in [-0.3, -0.25) is 23.9 Å². The highest BCUT2D eigenvalue weighted by Gasteiger charge is 2.54. The molecule has 34 heavy (non-hydrogen) atoms. The highest BCUT2D eigenvalue weighted by molar-refractivity contribution is 8.01. The summed E-state index contributed by atoms with van der Waals surface area (Å²) in [6.07, 6.45) is 1.51. The van der Waals surface area contributed by atoms with E-state index in [2.05, 4.69) is 4.98 Å². The summed E-state index contributed by atoms with van der Waals surface area (Å²) in [6, 6.07) is 8.51. The number of carbonyl (C=O) groups is 2. The summed E-state index contributed by atoms with van der Waals surface area (Å²) in [5, 5.41) is 0. The summed E-state index contributed by atoms with van der Waals surface area (Å²) >= 11 is 1.57. The number of anilines is 2. The Bertz CT molecular complexity index is 1200. The third-order valence-electron chi connectivity index (χ3n) is 6.39. The molecule has 182 valence electrons. The molecule has 0 saturated carbocycles. The first-order valence-corrected chi connectivity index (χ1v) is 12.2. The molecule has 10 nitrogen and oxygen atoms in total. The van der Waals surface area contributed by atoms with Crippen molar-refractivity contribution in [3.05, 3.63) is 56.7 Å². The van der Waals surface area contributed by atoms with Crippen molar-refractivity contribution in [2.24, 2.45) is 0 Å². The minimum absolute atomic E-state index is 0.0707. The monoisotopic (exact) mass is 487 g/mol. The van der Waals surface area contributed by atoms with Gasteiger partial charge in [-0.25, -0.2) is 4.79 Å². The van der Waals surface area contributed by atoms with Crippen molar-refractivity contribution in [3.63, 3.8) is 0 Å². The summed E-state index contributed by atoms with van der Waals surface area (Å²) in [5.74, 6) is -0.114. The van der Waals surface area contributed by atoms with Gasteiger partial charge in [-0.15, -0.1) is 11.8 Å². The summed E-state index contributed by atoms with van der Waals surface area (Å²) in [5.41, 5.74) is 5.71. The van der Waals surface area contributed by atoms with Crippen LogP contribution in [0, 0.1) is 0 Å². The van der Waals surface area contributed by atoms with Crippen molar-refractivity contribution in [2.75, 3.05) is 36.6 Å². The van der Waals surface area contributed by atoms with Crippen LogP contribution in [0.3, 0.4) is 0 Å². The molecule has 11 heteroatoms. The molecule has 3 heterocycles. The third-order valence-corrected chi connectivity index (χ3v) is 7.90. The van der Waals surface area contributed by atoms with E-state index in [-0.39, 0.29) is 36.4 Å². The molecule has 2 aliphatic rings. The Hall–Kier alpha value is -3.05. The second-order valence-corrected chi connectivity index (χ2v) is 10.2. The van der Waals surface area contributed by atoms with E-state index in [4.69, 9.17) is 10.5 Å². The van der Waals surface area contributed by atoms with E-state index < -0.39 is 22.2 Å². The first-order valence-electron chi connectivity index (χ1n) is 11.2. The van der Waals surface area contributed by atoms with Crippen molar-refractivity contribution < 1.29 is 14.3 Å². The number of H-pyrrole nitrogens is 1. The molecule has 0 spiro atoms. The predicted octanol–water partition coefficient (Wildman–Crippen LogP) is 0.991. The van der Waals surface area contributed by atoms with Crippen LogP contribution in [-0.2, 0) is 20.9 Å². The molecule has 2 fully saturated rings. The Morgan fingerprint density at radius 3 is 2.74 bits per heavy atom. The number of ether oxygens (including phenoxy) is 1. The van der Waals surface area contributed by atoms with E-state index in [0.717, 1.165) is 5.56 Å². The van der Waals surface area contributed by atoms with E-state index in [1.54, 1.807) is 23.8 Å². The minimum Gasteiger partial charge on any atom is -0.385 e. The number of nitrogens with two attached hydrogens (primary N) is 1. The SMILES string of the molecule is COCCCN(C(=O)[C@@H]1CS[C@@]2(C)CCC(=O)N12)c1c(N)n(Cc2ccccc2)c(=O)[nH]c1=O. The summed E-state index contributed by atoms with van der Waals surface area (Å²) < 4.78 is 6.39. The Balaban J connectivity index is 1.74. The number of aromatic nitrogens is 2. The van der Waals surface area contributed by atoms with Crippen LogP contribution < -0.4 is 21.9 Å². The van der Waals surface area contributed by atoms with Crippen molar-refractivity contribution >= 4 is 35.1 Å². The number of benzene rings is 1. The number of nitrogen functional groups attached to an aromatic ring is 1. The number of fused-ring (bicyclic) bond motifs is 1. The Labute approximate surface area is 201 Å². The molecule has 3 N–H and O–H groups in total. The number of rotatable bonds is 8. The third kappa shape index (κ3) is 4.37. The molecule has 0 radical (unpaired) electrons. The van der Waals surface area contributed by atoms with Gasteiger partial charge in [0.1, 0.15) is 11.9 Å². The molecule has 2 atom stereocenters. The van der Waals surface area contributed by atoms with Crippen molar-refractivity contribution in [3.8, 4) is 0 Å².